The number of hydrogen-bond donors (Lipinski definition) is 3. The molecule has 0 aliphatic carbocycles. The molecule has 1 amide bonds. The average molecular weight is 153 g/mol. The van der Waals surface area contributed by atoms with Crippen LogP contribution in [-0.2, 0) is 4.79 Å². The molecule has 0 bridgehead atoms. The SMILES string of the molecule is CNC1=C(C=N)CCC(=O)N1. The molecule has 60 valence electrons. The topological polar surface area (TPSA) is 65.0 Å². The van der Waals surface area contributed by atoms with Crippen molar-refractivity contribution in [3.8, 4) is 0 Å². The molecule has 11 heavy (non-hydrogen) atoms. The number of carbonyl (C=O) groups is 1. The van der Waals surface area contributed by atoms with Crippen LogP contribution in [0.2, 0.25) is 0 Å². The van der Waals surface area contributed by atoms with Crippen molar-refractivity contribution in [3.05, 3.63) is 11.4 Å². The van der Waals surface area contributed by atoms with Crippen LogP contribution in [-0.4, -0.2) is 19.2 Å². The monoisotopic (exact) mass is 153 g/mol. The molecule has 0 radical (unpaired) electrons. The van der Waals surface area contributed by atoms with E-state index in [4.69, 9.17) is 5.41 Å². The van der Waals surface area contributed by atoms with Crippen molar-refractivity contribution in [2.75, 3.05) is 7.05 Å². The van der Waals surface area contributed by atoms with Gasteiger partial charge in [-0.15, -0.1) is 0 Å². The molecule has 3 N–H and O–H groups in total. The summed E-state index contributed by atoms with van der Waals surface area (Å²) in [5.74, 6) is 0.677. The first kappa shape index (κ1) is 7.78. The molecule has 0 aromatic carbocycles. The number of rotatable bonds is 2. The lowest BCUT2D eigenvalue weighted by Gasteiger charge is -2.17. The fourth-order valence-electron chi connectivity index (χ4n) is 1.02. The van der Waals surface area contributed by atoms with Gasteiger partial charge in [-0.3, -0.25) is 4.79 Å². The molecule has 0 aromatic rings. The fourth-order valence-corrected chi connectivity index (χ4v) is 1.02. The molecule has 1 rings (SSSR count). The van der Waals surface area contributed by atoms with Crippen LogP contribution >= 0.6 is 0 Å². The van der Waals surface area contributed by atoms with Gasteiger partial charge in [-0.2, -0.15) is 0 Å². The van der Waals surface area contributed by atoms with Gasteiger partial charge < -0.3 is 16.0 Å². The molecule has 4 heteroatoms. The van der Waals surface area contributed by atoms with E-state index in [-0.39, 0.29) is 5.91 Å². The van der Waals surface area contributed by atoms with Gasteiger partial charge in [-0.25, -0.2) is 0 Å². The predicted octanol–water partition coefficient (Wildman–Crippen LogP) is -0.0230. The lowest BCUT2D eigenvalue weighted by atomic mass is 10.1. The third-order valence-electron chi connectivity index (χ3n) is 1.63. The van der Waals surface area contributed by atoms with Crippen LogP contribution < -0.4 is 10.6 Å². The van der Waals surface area contributed by atoms with E-state index in [1.54, 1.807) is 7.05 Å². The summed E-state index contributed by atoms with van der Waals surface area (Å²) in [7, 11) is 1.73. The summed E-state index contributed by atoms with van der Waals surface area (Å²) < 4.78 is 0. The maximum Gasteiger partial charge on any atom is 0.225 e. The Morgan fingerprint density at radius 1 is 1.64 bits per heavy atom. The molecule has 0 atom stereocenters. The van der Waals surface area contributed by atoms with Crippen molar-refractivity contribution < 1.29 is 4.79 Å². The Hall–Kier alpha value is -1.32. The minimum Gasteiger partial charge on any atom is -0.374 e. The third-order valence-corrected chi connectivity index (χ3v) is 1.63. The summed E-state index contributed by atoms with van der Waals surface area (Å²) in [6, 6.07) is 0. The molecule has 4 nitrogen and oxygen atoms in total. The van der Waals surface area contributed by atoms with Crippen LogP contribution in [0.1, 0.15) is 12.8 Å². The van der Waals surface area contributed by atoms with Gasteiger partial charge in [-0.05, 0) is 6.42 Å². The average Bonchev–Trinajstić information content (AvgIpc) is 2.04. The molecular weight excluding hydrogens is 142 g/mol. The molecule has 1 aliphatic heterocycles. The van der Waals surface area contributed by atoms with E-state index in [0.29, 0.717) is 18.7 Å². The zero-order chi connectivity index (χ0) is 8.27. The second-order valence-corrected chi connectivity index (χ2v) is 2.34. The van der Waals surface area contributed by atoms with Gasteiger partial charge in [0, 0.05) is 25.3 Å². The molecule has 0 saturated heterocycles. The molecule has 1 aliphatic rings. The van der Waals surface area contributed by atoms with Crippen molar-refractivity contribution in [1.29, 1.82) is 5.41 Å². The maximum atomic E-state index is 10.8. The summed E-state index contributed by atoms with van der Waals surface area (Å²) in [4.78, 5) is 10.8. The standard InChI is InChI=1S/C7H11N3O/c1-9-7-5(4-8)2-3-6(11)10-7/h4,8-9H,2-3H2,1H3,(H,10,11). The Morgan fingerprint density at radius 3 is 2.91 bits per heavy atom. The van der Waals surface area contributed by atoms with Gasteiger partial charge in [0.25, 0.3) is 0 Å². The summed E-state index contributed by atoms with van der Waals surface area (Å²) in [5, 5.41) is 12.5. The van der Waals surface area contributed by atoms with Crippen molar-refractivity contribution in [3.63, 3.8) is 0 Å². The van der Waals surface area contributed by atoms with Crippen LogP contribution in [0, 0.1) is 5.41 Å². The molecule has 0 spiro atoms. The van der Waals surface area contributed by atoms with Gasteiger partial charge in [0.2, 0.25) is 5.91 Å². The van der Waals surface area contributed by atoms with E-state index >= 15 is 0 Å². The lowest BCUT2D eigenvalue weighted by Crippen LogP contribution is -2.34. The number of amides is 1. The molecule has 0 fully saturated rings. The summed E-state index contributed by atoms with van der Waals surface area (Å²) in [6.45, 7) is 0. The van der Waals surface area contributed by atoms with Crippen LogP contribution in [0.3, 0.4) is 0 Å². The van der Waals surface area contributed by atoms with E-state index in [0.717, 1.165) is 5.57 Å². The van der Waals surface area contributed by atoms with Crippen molar-refractivity contribution in [1.82, 2.24) is 10.6 Å². The first-order valence-corrected chi connectivity index (χ1v) is 3.49. The van der Waals surface area contributed by atoms with Crippen LogP contribution in [0.15, 0.2) is 11.4 Å². The van der Waals surface area contributed by atoms with Crippen LogP contribution in [0.25, 0.3) is 0 Å². The minimum absolute atomic E-state index is 0.0138. The molecule has 0 aromatic heterocycles. The second kappa shape index (κ2) is 3.18. The normalized spacial score (nSPS) is 17.7. The number of hydrogen-bond acceptors (Lipinski definition) is 3. The van der Waals surface area contributed by atoms with Crippen molar-refractivity contribution in [2.24, 2.45) is 0 Å². The largest absolute Gasteiger partial charge is 0.374 e. The Labute approximate surface area is 65.2 Å². The van der Waals surface area contributed by atoms with E-state index in [2.05, 4.69) is 10.6 Å². The highest BCUT2D eigenvalue weighted by atomic mass is 16.1. The minimum atomic E-state index is 0.0138. The quantitative estimate of drug-likeness (QED) is 0.488. The van der Waals surface area contributed by atoms with Crippen molar-refractivity contribution in [2.45, 2.75) is 12.8 Å². The zero-order valence-corrected chi connectivity index (χ0v) is 6.40. The Balaban J connectivity index is 2.82. The van der Waals surface area contributed by atoms with Gasteiger partial charge in [0.15, 0.2) is 0 Å². The summed E-state index contributed by atoms with van der Waals surface area (Å²) >= 11 is 0. The molecular formula is C7H11N3O. The van der Waals surface area contributed by atoms with Gasteiger partial charge >= 0.3 is 0 Å². The number of allylic oxidation sites excluding steroid dienone is 1. The Morgan fingerprint density at radius 2 is 2.36 bits per heavy atom. The second-order valence-electron chi connectivity index (χ2n) is 2.34. The van der Waals surface area contributed by atoms with Gasteiger partial charge in [-0.1, -0.05) is 0 Å². The third kappa shape index (κ3) is 1.58. The first-order valence-electron chi connectivity index (χ1n) is 3.49. The van der Waals surface area contributed by atoms with E-state index in [1.807, 2.05) is 0 Å². The van der Waals surface area contributed by atoms with Crippen LogP contribution in [0.5, 0.6) is 0 Å². The molecule has 0 saturated carbocycles. The molecule has 1 heterocycles. The van der Waals surface area contributed by atoms with E-state index < -0.39 is 0 Å². The molecule has 0 unspecified atom stereocenters. The van der Waals surface area contributed by atoms with Gasteiger partial charge in [0.1, 0.15) is 5.82 Å². The smallest absolute Gasteiger partial charge is 0.225 e. The fraction of sp³-hybridized carbons (Fsp3) is 0.429. The van der Waals surface area contributed by atoms with E-state index in [1.165, 1.54) is 6.21 Å². The summed E-state index contributed by atoms with van der Waals surface area (Å²) in [6.07, 6.45) is 2.41. The number of carbonyl (C=O) groups excluding carboxylic acids is 1. The van der Waals surface area contributed by atoms with Crippen molar-refractivity contribution >= 4 is 12.1 Å². The Bertz CT molecular complexity index is 220. The predicted molar refractivity (Wildman–Crippen MR) is 42.2 cm³/mol. The highest BCUT2D eigenvalue weighted by molar-refractivity contribution is 5.86. The zero-order valence-electron chi connectivity index (χ0n) is 6.40. The van der Waals surface area contributed by atoms with Crippen LogP contribution in [0.4, 0.5) is 0 Å². The number of nitrogens with one attached hydrogen (secondary N) is 3. The first-order chi connectivity index (χ1) is 5.27. The van der Waals surface area contributed by atoms with E-state index in [9.17, 15) is 4.79 Å². The highest BCUT2D eigenvalue weighted by Gasteiger charge is 2.14. The summed E-state index contributed by atoms with van der Waals surface area (Å²) in [5.41, 5.74) is 0.854. The maximum absolute atomic E-state index is 10.8. The lowest BCUT2D eigenvalue weighted by molar-refractivity contribution is -0.120. The highest BCUT2D eigenvalue weighted by Crippen LogP contribution is 2.10. The Kier molecular flexibility index (Phi) is 2.25. The van der Waals surface area contributed by atoms with Gasteiger partial charge in [0.05, 0.1) is 0 Å².